The molecular formula is C72H95N20O38P7S7. The molecule has 16 heterocycles. The molecule has 0 aliphatic carbocycles. The summed E-state index contributed by atoms with van der Waals surface area (Å²) in [6, 6.07) is 0. The van der Waals surface area contributed by atoms with Crippen LogP contribution in [0.2, 0.25) is 0 Å². The molecule has 9 aromatic rings. The van der Waals surface area contributed by atoms with Crippen molar-refractivity contribution in [1.29, 1.82) is 0 Å². The average Bonchev–Trinajstić information content (AvgIpc) is 1.60. The molecule has 144 heavy (non-hydrogen) atoms. The van der Waals surface area contributed by atoms with E-state index >= 15 is 0 Å². The molecule has 7 fully saturated rings. The van der Waals surface area contributed by atoms with Crippen LogP contribution in [0, 0.1) is 34.6 Å². The number of aromatic nitrogens is 18. The Balaban J connectivity index is 0.605. The van der Waals surface area contributed by atoms with E-state index in [-0.39, 0.29) is 82.7 Å². The summed E-state index contributed by atoms with van der Waals surface area (Å²) >= 11 is 38.8. The Morgan fingerprint density at radius 3 is 0.722 bits per heavy atom. The number of ether oxygens (including phenoxy) is 7. The van der Waals surface area contributed by atoms with Crippen LogP contribution in [0.1, 0.15) is 130 Å². The van der Waals surface area contributed by atoms with Crippen LogP contribution in [0.5, 0.6) is 0 Å². The zero-order chi connectivity index (χ0) is 104. The Morgan fingerprint density at radius 1 is 0.319 bits per heavy atom. The second kappa shape index (κ2) is 44.4. The monoisotopic (exact) mass is 2290 g/mol. The van der Waals surface area contributed by atoms with Crippen molar-refractivity contribution in [3.8, 4) is 0 Å². The van der Waals surface area contributed by atoms with E-state index in [9.17, 15) is 82.2 Å². The van der Waals surface area contributed by atoms with E-state index in [4.69, 9.17) is 191 Å². The molecule has 7 saturated heterocycles. The van der Waals surface area contributed by atoms with Gasteiger partial charge >= 0.3 is 75.5 Å². The molecule has 0 bridgehead atoms. The first-order valence-electron chi connectivity index (χ1n) is 43.3. The normalized spacial score (nSPS) is 29.7. The van der Waals surface area contributed by atoms with Crippen LogP contribution in [-0.2, 0) is 179 Å². The maximum atomic E-state index is 13.6. The number of H-pyrrole nitrogens is 5. The molecule has 0 radical (unpaired) electrons. The Labute approximate surface area is 844 Å². The van der Waals surface area contributed by atoms with Gasteiger partial charge in [-0.3, -0.25) is 80.9 Å². The number of nitrogens with two attached hydrogens (primary N) is 2. The molecule has 7 unspecified atom stereocenters. The average molecular weight is 2290 g/mol. The zero-order valence-corrected chi connectivity index (χ0v) is 87.9. The van der Waals surface area contributed by atoms with Crippen LogP contribution in [-0.4, -0.2) is 253 Å². The third-order valence-corrected chi connectivity index (χ3v) is 35.1. The molecule has 16 rings (SSSR count). The highest BCUT2D eigenvalue weighted by Gasteiger charge is 2.52. The molecule has 72 heteroatoms. The smallest absolute Gasteiger partial charge is 0.330 e. The molecule has 0 spiro atoms. The summed E-state index contributed by atoms with van der Waals surface area (Å²) in [7, 11) is 1.09. The minimum absolute atomic E-state index is 0.0157. The Morgan fingerprint density at radius 2 is 0.514 bits per heavy atom. The van der Waals surface area contributed by atoms with Crippen LogP contribution < -0.4 is 67.7 Å². The van der Waals surface area contributed by atoms with Crippen molar-refractivity contribution in [3.63, 3.8) is 0 Å². The van der Waals surface area contributed by atoms with Gasteiger partial charge in [-0.25, -0.2) is 53.9 Å². The van der Waals surface area contributed by atoms with Gasteiger partial charge in [-0.1, -0.05) is 6.92 Å². The first-order valence-corrected chi connectivity index (χ1v) is 61.5. The fourth-order valence-electron chi connectivity index (χ4n) is 16.7. The molecule has 788 valence electrons. The molecular weight excluding hydrogens is 2190 g/mol. The van der Waals surface area contributed by atoms with Crippen molar-refractivity contribution in [2.45, 2.75) is 222 Å². The number of nitrogen functional groups attached to an aromatic ring is 2. The predicted molar refractivity (Wildman–Crippen MR) is 522 cm³/mol. The lowest BCUT2D eigenvalue weighted by Crippen LogP contribution is -2.33. The summed E-state index contributed by atoms with van der Waals surface area (Å²) in [5, 5.41) is 0. The van der Waals surface area contributed by atoms with Gasteiger partial charge in [0, 0.05) is 111 Å². The zero-order valence-electron chi connectivity index (χ0n) is 76.0. The highest BCUT2D eigenvalue weighted by molar-refractivity contribution is 8.09. The van der Waals surface area contributed by atoms with E-state index in [1.165, 1.54) is 76.8 Å². The van der Waals surface area contributed by atoms with E-state index < -0.39 is 285 Å². The van der Waals surface area contributed by atoms with Gasteiger partial charge in [-0.2, -0.15) is 0 Å². The van der Waals surface area contributed by atoms with Crippen molar-refractivity contribution in [3.05, 3.63) is 188 Å². The summed E-state index contributed by atoms with van der Waals surface area (Å²) in [6.45, 7) is -27.5. The van der Waals surface area contributed by atoms with Crippen LogP contribution in [0.15, 0.2) is 104 Å². The fourth-order valence-corrected chi connectivity index (χ4v) is 26.6. The van der Waals surface area contributed by atoms with Gasteiger partial charge in [0.25, 0.3) is 27.8 Å². The molecule has 0 amide bonds. The molecule has 7 aliphatic heterocycles. The van der Waals surface area contributed by atoms with Crippen molar-refractivity contribution in [1.82, 2.24) is 86.8 Å². The van der Waals surface area contributed by atoms with E-state index in [0.717, 1.165) is 48.7 Å². The summed E-state index contributed by atoms with van der Waals surface area (Å²) in [5.74, 6) is 0.121. The van der Waals surface area contributed by atoms with Crippen LogP contribution in [0.4, 0.5) is 11.6 Å². The highest BCUT2D eigenvalue weighted by Crippen LogP contribution is 2.59. The SMILES string of the molecule is CC[C@H]1O[C@@H](n2cnc3c(N)ncnc32)C[C@H]1OP(O)(=S)OC[C@H]1O[C@@H](n2cc(C)c(=O)[nH]c2=O)C[C@H]1OP(O)(=S)OC[C@H]1O[C@@H](n2cnc3c(N)ncnc32)C[C@H]1OP(O)(=S)OC[C@H]1O[C@@H](n2cc(C)c(=O)[nH]c2=O)C[C@H]1OP(O)(=S)OC[C@H]1O[C@@H](n2cc(C)c(=O)[nH]c2=O)C[C@H]1OP(O)(=S)OC[C@H]1O[C@@H](n2cc(C)c(=O)[nH]c2=O)C[C@H]1OP(O)(=S)OC[C@H]1O[C@@H](n2cc(C)c(=O)[nH]c2=O)C[C@H]1OP(O)(=S)OC. The first-order chi connectivity index (χ1) is 67.8. The van der Waals surface area contributed by atoms with Gasteiger partial charge in [0.15, 0.2) is 22.9 Å². The summed E-state index contributed by atoms with van der Waals surface area (Å²) < 4.78 is 136. The number of anilines is 2. The van der Waals surface area contributed by atoms with Crippen molar-refractivity contribution in [2.24, 2.45) is 0 Å². The van der Waals surface area contributed by atoms with Crippen LogP contribution in [0.3, 0.4) is 0 Å². The van der Waals surface area contributed by atoms with Gasteiger partial charge in [-0.05, 0) is 124 Å². The molecule has 58 nitrogen and oxygen atoms in total. The Bertz CT molecular complexity index is 7400. The van der Waals surface area contributed by atoms with Gasteiger partial charge in [0.05, 0.1) is 101 Å². The first kappa shape index (κ1) is 110. The number of aryl methyl sites for hydroxylation is 5. The Kier molecular flexibility index (Phi) is 34.0. The van der Waals surface area contributed by atoms with E-state index in [1.54, 1.807) is 4.57 Å². The number of nitrogens with one attached hydrogen (secondary N) is 5. The van der Waals surface area contributed by atoms with E-state index in [0.29, 0.717) is 17.6 Å². The summed E-state index contributed by atoms with van der Waals surface area (Å²) in [4.78, 5) is 249. The van der Waals surface area contributed by atoms with E-state index in [2.05, 4.69) is 54.8 Å². The second-order valence-electron chi connectivity index (χ2n) is 33.8. The lowest BCUT2D eigenvalue weighted by Gasteiger charge is -2.29. The van der Waals surface area contributed by atoms with Crippen molar-refractivity contribution >= 4 is 164 Å². The van der Waals surface area contributed by atoms with Crippen LogP contribution in [0.25, 0.3) is 22.3 Å². The quantitative estimate of drug-likeness (QED) is 0.0232. The molecule has 0 aromatic carbocycles. The molecule has 0 saturated carbocycles. The third kappa shape index (κ3) is 25.9. The summed E-state index contributed by atoms with van der Waals surface area (Å²) in [5.41, 5.74) is 5.24. The van der Waals surface area contributed by atoms with Crippen molar-refractivity contribution < 1.29 is 131 Å². The molecule has 28 atom stereocenters. The van der Waals surface area contributed by atoms with Gasteiger partial charge < -0.3 is 142 Å². The van der Waals surface area contributed by atoms with Gasteiger partial charge in [-0.15, -0.1) is 0 Å². The van der Waals surface area contributed by atoms with Gasteiger partial charge in [0.2, 0.25) is 0 Å². The molecule has 16 N–H and O–H groups in total. The number of hydrogen-bond acceptors (Lipinski definition) is 46. The molecule has 7 aliphatic rings. The fraction of sp³-hybridized carbons (Fsp3) is 0.583. The maximum Gasteiger partial charge on any atom is 0.330 e. The summed E-state index contributed by atoms with van der Waals surface area (Å²) in [6.07, 6.45) is -17.5. The lowest BCUT2D eigenvalue weighted by molar-refractivity contribution is -0.0579. The largest absolute Gasteiger partial charge is 0.382 e. The minimum Gasteiger partial charge on any atom is -0.382 e. The second-order valence-corrected chi connectivity index (χ2v) is 53.4. The number of fused-ring (bicyclic) bond motifs is 2. The predicted octanol–water partition coefficient (Wildman–Crippen LogP) is 0.506. The number of aromatic amines is 5. The third-order valence-electron chi connectivity index (χ3n) is 23.9. The molecule has 9 aromatic heterocycles. The number of rotatable bonds is 41. The Hall–Kier alpha value is -6.47. The number of nitrogens with zero attached hydrogens (tertiary/aromatic N) is 13. The van der Waals surface area contributed by atoms with Crippen molar-refractivity contribution in [2.75, 3.05) is 58.2 Å². The number of imidazole rings is 2. The minimum atomic E-state index is -4.79. The van der Waals surface area contributed by atoms with Gasteiger partial charge in [0.1, 0.15) is 104 Å². The lowest BCUT2D eigenvalue weighted by atomic mass is 10.1. The van der Waals surface area contributed by atoms with E-state index in [1.807, 2.05) is 6.92 Å². The topological polar surface area (TPSA) is 749 Å². The standard InChI is InChI=1S/C72H95N20O38P7S7/c1-8-36-37(9-55(117-36)91-29-79-57-59(73)75-27-77-61(57)91)125-132(104,139)111-22-45-39(11-51(119-45)87-17-32(3)64(94)82-69(87)99)129-136(108,143)116-26-49-43(15-56(123-49)92-30-80-58-60(74)76-28-78-62(58)92)130-137(109,144)115-25-48-42(14-54(122-48)90-20-35(6)67(97)85-72(90)102)128-135(107,142)114-24-47-41(13-53(121-47)89-19-34(5)66(96)84-71(89)101)127-134(106,141)113-23-46-40(12-52(120-46)88-18-33(4)65(95)83-70(88)100)126-133(105,140)112-21-44-38(124-131(103,138)110-7)10-50(118-44)86-16-31(2)63(93)81-68(86)98/h16-20,27-30,36-56H,8-15,21-26H2,1-7H3,(H,103,138)(H,104,139)(H,105,140)(H,106,141)(H,107,142)(H,108,143)(H,109,144)(H2,73,75,77)(H2,74,76,78)(H,81,93,98)(H,82,94,99)(H,83,95,100)(H,84,96,101)(H,85,97,102)/t36-,37-,38-,39-,40-,41-,42-,43-,44-,45-,46-,47-,48-,49-,50-,51-,52-,53-,54-,55-,56-,131?,132?,133?,134?,135?,136?,137?/m1/s1. The van der Waals surface area contributed by atoms with Crippen LogP contribution >= 0.6 is 47.0 Å². The maximum absolute atomic E-state index is 13.6. The number of hydrogen-bond donors (Lipinski definition) is 14. The highest BCUT2D eigenvalue weighted by atomic mass is 32.5.